The molecule has 0 radical (unpaired) electrons. The molecule has 11 nitrogen and oxygen atoms in total. The molecule has 3 aromatic rings. The highest BCUT2D eigenvalue weighted by Crippen LogP contribution is 2.29. The van der Waals surface area contributed by atoms with E-state index in [1.165, 1.54) is 21.9 Å². The lowest BCUT2D eigenvalue weighted by atomic mass is 10.0. The largest absolute Gasteiger partial charge is 0.511 e. The summed E-state index contributed by atoms with van der Waals surface area (Å²) < 4.78 is 93.0. The van der Waals surface area contributed by atoms with Crippen molar-refractivity contribution in [3.63, 3.8) is 0 Å². The number of piperidine rings is 1. The number of halogens is 4. The molecule has 0 aliphatic carbocycles. The molecular weight excluding hydrogens is 645 g/mol. The first kappa shape index (κ1) is 32.4. The second-order valence-corrected chi connectivity index (χ2v) is 14.8. The third-order valence-electron chi connectivity index (χ3n) is 7.91. The molecule has 44 heavy (non-hydrogen) atoms. The summed E-state index contributed by atoms with van der Waals surface area (Å²) in [5, 5.41) is 4.52. The maximum atomic E-state index is 13.7. The number of carbonyl (C=O) groups is 1. The van der Waals surface area contributed by atoms with Crippen molar-refractivity contribution in [3.8, 4) is 0 Å². The number of hydrogen-bond donors (Lipinski definition) is 1. The molecule has 0 spiro atoms. The number of pyridine rings is 1. The van der Waals surface area contributed by atoms with Gasteiger partial charge in [0.2, 0.25) is 10.0 Å². The van der Waals surface area contributed by atoms with Crippen LogP contribution < -0.4 is 9.62 Å². The lowest BCUT2D eigenvalue weighted by molar-refractivity contribution is -0.164. The van der Waals surface area contributed by atoms with Gasteiger partial charge in [-0.2, -0.15) is 17.5 Å². The van der Waals surface area contributed by atoms with Crippen LogP contribution in [0.25, 0.3) is 10.8 Å². The first-order valence-electron chi connectivity index (χ1n) is 13.6. The van der Waals surface area contributed by atoms with E-state index in [1.807, 2.05) is 12.1 Å². The van der Waals surface area contributed by atoms with Crippen LogP contribution >= 0.6 is 11.6 Å². The normalized spacial score (nSPS) is 19.7. The summed E-state index contributed by atoms with van der Waals surface area (Å²) in [5.74, 6) is -0.692. The molecule has 0 bridgehead atoms. The minimum atomic E-state index is -5.76. The third-order valence-corrected chi connectivity index (χ3v) is 11.1. The lowest BCUT2D eigenvalue weighted by Crippen LogP contribution is -2.67. The van der Waals surface area contributed by atoms with E-state index in [2.05, 4.69) is 9.88 Å². The number of carbonyl (C=O) groups excluding carboxylic acids is 1. The number of amides is 1. The Morgan fingerprint density at radius 1 is 1.00 bits per heavy atom. The molecule has 1 atom stereocenters. The van der Waals surface area contributed by atoms with Crippen molar-refractivity contribution in [1.82, 2.24) is 24.0 Å². The molecule has 1 N–H and O–H groups in total. The summed E-state index contributed by atoms with van der Waals surface area (Å²) in [7, 11) is -8.45. The highest BCUT2D eigenvalue weighted by molar-refractivity contribution is 7.90. The Morgan fingerprint density at radius 3 is 2.30 bits per heavy atom. The van der Waals surface area contributed by atoms with E-state index in [1.54, 1.807) is 48.7 Å². The van der Waals surface area contributed by atoms with Crippen LogP contribution in [0, 0.1) is 0 Å². The summed E-state index contributed by atoms with van der Waals surface area (Å²) in [6.07, 6.45) is 4.54. The van der Waals surface area contributed by atoms with E-state index in [4.69, 9.17) is 11.6 Å². The Bertz CT molecular complexity index is 1740. The van der Waals surface area contributed by atoms with E-state index in [9.17, 15) is 34.8 Å². The molecule has 238 valence electrons. The van der Waals surface area contributed by atoms with Gasteiger partial charge < -0.3 is 4.90 Å². The topological polar surface area (TPSA) is 123 Å². The highest BCUT2D eigenvalue weighted by Gasteiger charge is 2.48. The van der Waals surface area contributed by atoms with Crippen molar-refractivity contribution in [2.45, 2.75) is 35.3 Å². The van der Waals surface area contributed by atoms with Crippen molar-refractivity contribution in [3.05, 3.63) is 65.9 Å². The van der Waals surface area contributed by atoms with Crippen LogP contribution in [0.4, 0.5) is 18.9 Å². The van der Waals surface area contributed by atoms with Crippen molar-refractivity contribution in [2.24, 2.45) is 0 Å². The van der Waals surface area contributed by atoms with E-state index in [0.717, 1.165) is 9.99 Å². The van der Waals surface area contributed by atoms with Crippen molar-refractivity contribution in [1.29, 1.82) is 0 Å². The SMILES string of the molecule is CN(C1CCN(c2ccncc2)CC1)N1C(=O)CN(S(=O)(=O)c2ccc3cc(Cl)ccc3c2)CC1CNS(=O)(=O)C(F)(F)F. The van der Waals surface area contributed by atoms with Crippen LogP contribution in [0.15, 0.2) is 65.8 Å². The summed E-state index contributed by atoms with van der Waals surface area (Å²) in [6, 6.07) is 11.5. The Kier molecular flexibility index (Phi) is 9.13. The van der Waals surface area contributed by atoms with E-state index >= 15 is 0 Å². The van der Waals surface area contributed by atoms with Gasteiger partial charge in [-0.25, -0.2) is 26.6 Å². The van der Waals surface area contributed by atoms with Crippen LogP contribution in [0.1, 0.15) is 12.8 Å². The fraction of sp³-hybridized carbons (Fsp3) is 0.407. The number of rotatable bonds is 8. The number of benzene rings is 2. The zero-order valence-corrected chi connectivity index (χ0v) is 25.9. The first-order chi connectivity index (χ1) is 20.7. The number of alkyl halides is 3. The molecule has 0 saturated carbocycles. The highest BCUT2D eigenvalue weighted by atomic mass is 35.5. The molecule has 2 fully saturated rings. The number of nitrogens with zero attached hydrogens (tertiary/aromatic N) is 5. The number of sulfonamides is 2. The van der Waals surface area contributed by atoms with E-state index in [0.29, 0.717) is 41.7 Å². The van der Waals surface area contributed by atoms with Gasteiger partial charge in [0.1, 0.15) is 0 Å². The Balaban J connectivity index is 1.39. The molecule has 2 aliphatic heterocycles. The Hall–Kier alpha value is -3.02. The average molecular weight is 675 g/mol. The monoisotopic (exact) mass is 674 g/mol. The predicted molar refractivity (Wildman–Crippen MR) is 159 cm³/mol. The second-order valence-electron chi connectivity index (χ2n) is 10.6. The molecule has 5 rings (SSSR count). The smallest absolute Gasteiger partial charge is 0.371 e. The van der Waals surface area contributed by atoms with Gasteiger partial charge in [-0.15, -0.1) is 0 Å². The predicted octanol–water partition coefficient (Wildman–Crippen LogP) is 3.04. The fourth-order valence-corrected chi connectivity index (χ4v) is 7.81. The molecule has 2 aliphatic rings. The van der Waals surface area contributed by atoms with Crippen LogP contribution in [0.5, 0.6) is 0 Å². The zero-order valence-electron chi connectivity index (χ0n) is 23.5. The quantitative estimate of drug-likeness (QED) is 0.387. The molecule has 3 heterocycles. The van der Waals surface area contributed by atoms with Crippen molar-refractivity contribution in [2.75, 3.05) is 44.7 Å². The van der Waals surface area contributed by atoms with Crippen LogP contribution in [0.2, 0.25) is 5.02 Å². The van der Waals surface area contributed by atoms with Gasteiger partial charge >= 0.3 is 15.5 Å². The molecule has 1 aromatic heterocycles. The number of nitrogens with one attached hydrogen (secondary N) is 1. The van der Waals surface area contributed by atoms with Crippen molar-refractivity contribution < 1.29 is 34.8 Å². The number of hydrogen-bond acceptors (Lipinski definition) is 8. The molecular formula is C27H30ClF3N6O5S2. The Labute approximate surface area is 258 Å². The molecule has 17 heteroatoms. The zero-order chi connectivity index (χ0) is 31.9. The first-order valence-corrected chi connectivity index (χ1v) is 16.9. The number of piperazine rings is 1. The summed E-state index contributed by atoms with van der Waals surface area (Å²) in [6.45, 7) is -0.618. The van der Waals surface area contributed by atoms with Gasteiger partial charge in [-0.3, -0.25) is 14.8 Å². The minimum absolute atomic E-state index is 0.125. The third kappa shape index (κ3) is 6.65. The summed E-state index contributed by atoms with van der Waals surface area (Å²) in [4.78, 5) is 19.6. The van der Waals surface area contributed by atoms with Crippen LogP contribution in [-0.2, 0) is 24.8 Å². The molecule has 2 aromatic carbocycles. The standard InChI is InChI=1S/C27H30ClF3N6O5S2/c1-34(22-8-12-35(13-9-22)23-6-10-32-11-7-23)37-24(16-33-44(41,42)27(29,30)31)17-36(18-26(37)38)43(39,40)25-5-3-19-14-21(28)4-2-20(19)15-25/h2-7,10-11,14-15,22,24,33H,8-9,12-13,16-18H2,1H3. The van der Waals surface area contributed by atoms with Gasteiger partial charge in [0.05, 0.1) is 17.5 Å². The number of fused-ring (bicyclic) bond motifs is 1. The molecule has 1 amide bonds. The number of anilines is 1. The Morgan fingerprint density at radius 2 is 1.64 bits per heavy atom. The summed E-state index contributed by atoms with van der Waals surface area (Å²) in [5.41, 5.74) is -4.60. The lowest BCUT2D eigenvalue weighted by Gasteiger charge is -2.48. The maximum Gasteiger partial charge on any atom is 0.511 e. The van der Waals surface area contributed by atoms with Gasteiger partial charge in [-0.05, 0) is 60.0 Å². The molecule has 2 saturated heterocycles. The van der Waals surface area contributed by atoms with E-state index in [-0.39, 0.29) is 10.9 Å². The minimum Gasteiger partial charge on any atom is -0.371 e. The fourth-order valence-electron chi connectivity index (χ4n) is 5.59. The second kappa shape index (κ2) is 12.4. The average Bonchev–Trinajstić information content (AvgIpc) is 2.99. The van der Waals surface area contributed by atoms with Crippen LogP contribution in [-0.4, -0.2) is 99.4 Å². The van der Waals surface area contributed by atoms with Gasteiger partial charge in [0, 0.05) is 62.4 Å². The van der Waals surface area contributed by atoms with Gasteiger partial charge in [-0.1, -0.05) is 23.7 Å². The summed E-state index contributed by atoms with van der Waals surface area (Å²) >= 11 is 6.03. The molecule has 1 unspecified atom stereocenters. The number of hydrazine groups is 1. The van der Waals surface area contributed by atoms with Gasteiger partial charge in [0.15, 0.2) is 0 Å². The van der Waals surface area contributed by atoms with E-state index < -0.39 is 57.1 Å². The maximum absolute atomic E-state index is 13.7. The van der Waals surface area contributed by atoms with Crippen LogP contribution in [0.3, 0.4) is 0 Å². The van der Waals surface area contributed by atoms with Crippen molar-refractivity contribution >= 4 is 54.0 Å². The number of aromatic nitrogens is 1. The van der Waals surface area contributed by atoms with Gasteiger partial charge in [0.25, 0.3) is 5.91 Å².